The lowest BCUT2D eigenvalue weighted by Gasteiger charge is -2.36. The molecule has 4 rings (SSSR count). The molecule has 1 aromatic rings. The first kappa shape index (κ1) is 20.4. The highest BCUT2D eigenvalue weighted by Crippen LogP contribution is 2.20. The van der Waals surface area contributed by atoms with Crippen molar-refractivity contribution in [3.8, 4) is 0 Å². The molecule has 3 saturated heterocycles. The van der Waals surface area contributed by atoms with E-state index in [2.05, 4.69) is 25.5 Å². The Hall–Kier alpha value is -1.84. The number of hydrogen-bond donors (Lipinski definition) is 2. The fourth-order valence-electron chi connectivity index (χ4n) is 4.29. The number of aromatic nitrogens is 2. The number of rotatable bonds is 6. The smallest absolute Gasteiger partial charge is 0.249 e. The van der Waals surface area contributed by atoms with Crippen molar-refractivity contribution >= 4 is 11.9 Å². The number of halogens is 1. The number of piperidine rings is 2. The van der Waals surface area contributed by atoms with Crippen LogP contribution in [0.5, 0.6) is 0 Å². The van der Waals surface area contributed by atoms with Crippen molar-refractivity contribution < 1.29 is 18.7 Å². The van der Waals surface area contributed by atoms with Crippen molar-refractivity contribution in [3.63, 3.8) is 0 Å². The monoisotopic (exact) mass is 407 g/mol. The molecule has 0 bridgehead atoms. The summed E-state index contributed by atoms with van der Waals surface area (Å²) >= 11 is 0. The van der Waals surface area contributed by atoms with Gasteiger partial charge in [-0.05, 0) is 45.1 Å². The first-order valence-corrected chi connectivity index (χ1v) is 10.7. The molecule has 29 heavy (non-hydrogen) atoms. The molecule has 3 aliphatic heterocycles. The third-order valence-corrected chi connectivity index (χ3v) is 5.98. The van der Waals surface area contributed by atoms with Crippen LogP contribution in [0.1, 0.15) is 38.5 Å². The second kappa shape index (κ2) is 9.77. The van der Waals surface area contributed by atoms with Crippen molar-refractivity contribution in [1.29, 1.82) is 0 Å². The van der Waals surface area contributed by atoms with Crippen LogP contribution in [0.15, 0.2) is 12.4 Å². The zero-order chi connectivity index (χ0) is 20.1. The standard InChI is InChI=1S/C20H30FN5O3/c21-14-11-23-20(24-12-14)26-8-5-15(6-9-26)29-13-17-16(3-1-7-22-17)25-19(27)18-4-2-10-28-18/h11-12,15-18,22H,1-10,13H2,(H,25,27)/t16-,17-,18-/m0/s1. The van der Waals surface area contributed by atoms with Gasteiger partial charge in [0.25, 0.3) is 0 Å². The van der Waals surface area contributed by atoms with E-state index in [1.54, 1.807) is 0 Å². The van der Waals surface area contributed by atoms with Crippen molar-refractivity contribution in [2.24, 2.45) is 0 Å². The quantitative estimate of drug-likeness (QED) is 0.728. The van der Waals surface area contributed by atoms with Crippen molar-refractivity contribution in [2.75, 3.05) is 37.7 Å². The van der Waals surface area contributed by atoms with E-state index in [9.17, 15) is 9.18 Å². The van der Waals surface area contributed by atoms with Crippen LogP contribution in [-0.4, -0.2) is 73.0 Å². The first-order valence-electron chi connectivity index (χ1n) is 10.7. The van der Waals surface area contributed by atoms with E-state index in [1.807, 2.05) is 0 Å². The number of nitrogens with zero attached hydrogens (tertiary/aromatic N) is 3. The average Bonchev–Trinajstić information content (AvgIpc) is 3.29. The second-order valence-corrected chi connectivity index (χ2v) is 8.04. The van der Waals surface area contributed by atoms with E-state index >= 15 is 0 Å². The summed E-state index contributed by atoms with van der Waals surface area (Å²) < 4.78 is 24.7. The van der Waals surface area contributed by atoms with Crippen molar-refractivity contribution in [1.82, 2.24) is 20.6 Å². The Morgan fingerprint density at radius 2 is 2.03 bits per heavy atom. The van der Waals surface area contributed by atoms with Gasteiger partial charge >= 0.3 is 0 Å². The first-order chi connectivity index (χ1) is 14.2. The summed E-state index contributed by atoms with van der Waals surface area (Å²) in [5.74, 6) is 0.151. The second-order valence-electron chi connectivity index (χ2n) is 8.04. The van der Waals surface area contributed by atoms with Gasteiger partial charge in [0.1, 0.15) is 6.10 Å². The topological polar surface area (TPSA) is 88.6 Å². The van der Waals surface area contributed by atoms with Crippen LogP contribution in [-0.2, 0) is 14.3 Å². The SMILES string of the molecule is O=C(N[C@H]1CCCN[C@H]1COC1CCN(c2ncc(F)cn2)CC1)[C@@H]1CCCO1. The number of carbonyl (C=O) groups is 1. The Bertz CT molecular complexity index is 663. The van der Waals surface area contributed by atoms with Crippen LogP contribution in [0.25, 0.3) is 0 Å². The van der Waals surface area contributed by atoms with Gasteiger partial charge in [-0.2, -0.15) is 0 Å². The molecule has 160 valence electrons. The van der Waals surface area contributed by atoms with Gasteiger partial charge in [0.15, 0.2) is 5.82 Å². The molecule has 3 atom stereocenters. The van der Waals surface area contributed by atoms with Crippen LogP contribution in [0.3, 0.4) is 0 Å². The lowest BCUT2D eigenvalue weighted by atomic mass is 9.98. The number of anilines is 1. The molecule has 0 radical (unpaired) electrons. The average molecular weight is 407 g/mol. The number of nitrogens with one attached hydrogen (secondary N) is 2. The summed E-state index contributed by atoms with van der Waals surface area (Å²) in [5.41, 5.74) is 0. The molecule has 0 aromatic carbocycles. The molecule has 0 spiro atoms. The summed E-state index contributed by atoms with van der Waals surface area (Å²) in [6.07, 6.45) is 7.79. The molecule has 4 heterocycles. The summed E-state index contributed by atoms with van der Waals surface area (Å²) in [6.45, 7) is 3.77. The number of carbonyl (C=O) groups excluding carboxylic acids is 1. The van der Waals surface area contributed by atoms with E-state index < -0.39 is 5.82 Å². The molecular formula is C20H30FN5O3. The minimum atomic E-state index is -0.423. The highest BCUT2D eigenvalue weighted by molar-refractivity contribution is 5.81. The molecular weight excluding hydrogens is 377 g/mol. The van der Waals surface area contributed by atoms with Crippen LogP contribution >= 0.6 is 0 Å². The summed E-state index contributed by atoms with van der Waals surface area (Å²) in [7, 11) is 0. The maximum atomic E-state index is 13.0. The normalized spacial score (nSPS) is 28.4. The molecule has 8 nitrogen and oxygen atoms in total. The van der Waals surface area contributed by atoms with Gasteiger partial charge in [0.05, 0.1) is 31.1 Å². The van der Waals surface area contributed by atoms with Gasteiger partial charge in [-0.3, -0.25) is 4.79 Å². The Kier molecular flexibility index (Phi) is 6.89. The fourth-order valence-corrected chi connectivity index (χ4v) is 4.29. The lowest BCUT2D eigenvalue weighted by Crippen LogP contribution is -2.57. The number of amides is 1. The van der Waals surface area contributed by atoms with Crippen molar-refractivity contribution in [2.45, 2.75) is 62.8 Å². The zero-order valence-electron chi connectivity index (χ0n) is 16.7. The van der Waals surface area contributed by atoms with Crippen LogP contribution in [0.4, 0.5) is 10.3 Å². The molecule has 2 N–H and O–H groups in total. The van der Waals surface area contributed by atoms with Gasteiger partial charge in [-0.1, -0.05) is 0 Å². The summed E-state index contributed by atoms with van der Waals surface area (Å²) in [6, 6.07) is 0.195. The molecule has 3 fully saturated rings. The maximum absolute atomic E-state index is 13.0. The molecule has 1 aromatic heterocycles. The number of hydrogen-bond acceptors (Lipinski definition) is 7. The van der Waals surface area contributed by atoms with Gasteiger partial charge in [0.2, 0.25) is 11.9 Å². The molecule has 0 unspecified atom stereocenters. The summed E-state index contributed by atoms with van der Waals surface area (Å²) in [4.78, 5) is 22.6. The van der Waals surface area contributed by atoms with E-state index in [0.717, 1.165) is 58.2 Å². The summed E-state index contributed by atoms with van der Waals surface area (Å²) in [5, 5.41) is 6.67. The zero-order valence-corrected chi connectivity index (χ0v) is 16.7. The van der Waals surface area contributed by atoms with Gasteiger partial charge < -0.3 is 25.0 Å². The molecule has 0 aliphatic carbocycles. The Morgan fingerprint density at radius 1 is 1.24 bits per heavy atom. The minimum absolute atomic E-state index is 0.00815. The molecule has 1 amide bonds. The minimum Gasteiger partial charge on any atom is -0.376 e. The number of ether oxygens (including phenoxy) is 2. The van der Waals surface area contributed by atoms with Gasteiger partial charge in [0, 0.05) is 25.7 Å². The maximum Gasteiger partial charge on any atom is 0.249 e. The van der Waals surface area contributed by atoms with Crippen LogP contribution in [0.2, 0.25) is 0 Å². The van der Waals surface area contributed by atoms with E-state index in [0.29, 0.717) is 19.2 Å². The third kappa shape index (κ3) is 5.40. The fraction of sp³-hybridized carbons (Fsp3) is 0.750. The van der Waals surface area contributed by atoms with Gasteiger partial charge in [-0.25, -0.2) is 14.4 Å². The van der Waals surface area contributed by atoms with Crippen LogP contribution < -0.4 is 15.5 Å². The Balaban J connectivity index is 1.22. The van der Waals surface area contributed by atoms with Crippen LogP contribution in [0, 0.1) is 5.82 Å². The van der Waals surface area contributed by atoms with E-state index in [4.69, 9.17) is 9.47 Å². The van der Waals surface area contributed by atoms with E-state index in [1.165, 1.54) is 12.4 Å². The highest BCUT2D eigenvalue weighted by Gasteiger charge is 2.31. The molecule has 9 heteroatoms. The third-order valence-electron chi connectivity index (χ3n) is 5.98. The predicted octanol–water partition coefficient (Wildman–Crippen LogP) is 1.02. The van der Waals surface area contributed by atoms with E-state index in [-0.39, 0.29) is 30.2 Å². The van der Waals surface area contributed by atoms with Crippen molar-refractivity contribution in [3.05, 3.63) is 18.2 Å². The molecule has 3 aliphatic rings. The Labute approximate surface area is 170 Å². The van der Waals surface area contributed by atoms with Gasteiger partial charge in [-0.15, -0.1) is 0 Å². The lowest BCUT2D eigenvalue weighted by molar-refractivity contribution is -0.131. The molecule has 0 saturated carbocycles. The predicted molar refractivity (Wildman–Crippen MR) is 105 cm³/mol. The highest BCUT2D eigenvalue weighted by atomic mass is 19.1. The largest absolute Gasteiger partial charge is 0.376 e. The Morgan fingerprint density at radius 3 is 2.76 bits per heavy atom.